The minimum Gasteiger partial charge on any atom is -0.476 e. The molecule has 5 nitrogen and oxygen atoms in total. The van der Waals surface area contributed by atoms with Gasteiger partial charge in [0.1, 0.15) is 0 Å². The summed E-state index contributed by atoms with van der Waals surface area (Å²) in [4.78, 5) is 10.6. The second-order valence-corrected chi connectivity index (χ2v) is 5.56. The molecule has 90 valence electrons. The normalized spacial score (nSPS) is 26.1. The number of aromatic nitrogens is 2. The second-order valence-electron chi connectivity index (χ2n) is 5.56. The summed E-state index contributed by atoms with van der Waals surface area (Å²) in [7, 11) is 0. The summed E-state index contributed by atoms with van der Waals surface area (Å²) in [6.07, 6.45) is 5.79. The van der Waals surface area contributed by atoms with E-state index in [1.807, 2.05) is 0 Å². The molecule has 0 radical (unpaired) electrons. The molecule has 2 spiro atoms. The van der Waals surface area contributed by atoms with Gasteiger partial charge in [-0.25, -0.2) is 4.79 Å². The number of carboxylic acid groups (broad SMARTS) is 1. The van der Waals surface area contributed by atoms with Crippen molar-refractivity contribution in [3.05, 3.63) is 12.3 Å². The van der Waals surface area contributed by atoms with Gasteiger partial charge >= 0.3 is 6.09 Å². The molecule has 1 aromatic heterocycles. The zero-order chi connectivity index (χ0) is 11.7. The second kappa shape index (κ2) is 2.66. The van der Waals surface area contributed by atoms with Gasteiger partial charge in [0.2, 0.25) is 5.88 Å². The predicted octanol–water partition coefficient (Wildman–Crippen LogP) is 1.98. The van der Waals surface area contributed by atoms with Crippen LogP contribution < -0.4 is 4.74 Å². The predicted molar refractivity (Wildman–Crippen MR) is 58.0 cm³/mol. The molecule has 1 heterocycles. The molecule has 0 saturated heterocycles. The molecule has 0 aliphatic heterocycles. The third-order valence-electron chi connectivity index (χ3n) is 4.98. The maximum absolute atomic E-state index is 10.6. The summed E-state index contributed by atoms with van der Waals surface area (Å²) in [6, 6.07) is 1.61. The maximum atomic E-state index is 10.6. The van der Waals surface area contributed by atoms with Crippen LogP contribution in [0.25, 0.3) is 0 Å². The summed E-state index contributed by atoms with van der Waals surface area (Å²) >= 11 is 0. The fourth-order valence-corrected chi connectivity index (χ4v) is 3.78. The van der Waals surface area contributed by atoms with E-state index in [0.717, 1.165) is 4.68 Å². The average molecular weight is 234 g/mol. The zero-order valence-electron chi connectivity index (χ0n) is 9.43. The van der Waals surface area contributed by atoms with Gasteiger partial charge in [-0.05, 0) is 36.5 Å². The number of fused-ring (bicyclic) bond motifs is 1. The minimum atomic E-state index is -1.08. The lowest BCUT2D eigenvalue weighted by molar-refractivity contribution is 0.191. The van der Waals surface area contributed by atoms with E-state index in [0.29, 0.717) is 29.2 Å². The molecule has 17 heavy (non-hydrogen) atoms. The first-order chi connectivity index (χ1) is 8.18. The Balaban J connectivity index is 1.40. The number of ether oxygens (including phenoxy) is 1. The highest BCUT2D eigenvalue weighted by Gasteiger charge is 2.86. The van der Waals surface area contributed by atoms with Crippen LogP contribution in [0.1, 0.15) is 25.7 Å². The lowest BCUT2D eigenvalue weighted by Crippen LogP contribution is -2.09. The van der Waals surface area contributed by atoms with Crippen molar-refractivity contribution < 1.29 is 14.6 Å². The molecule has 4 rings (SSSR count). The molecule has 0 bridgehead atoms. The average Bonchev–Trinajstić information content (AvgIpc) is 3.23. The molecular formula is C12H14N2O3. The molecule has 3 fully saturated rings. The smallest absolute Gasteiger partial charge is 0.432 e. The molecule has 5 heteroatoms. The quantitative estimate of drug-likeness (QED) is 0.868. The van der Waals surface area contributed by atoms with Crippen molar-refractivity contribution in [2.24, 2.45) is 16.7 Å². The van der Waals surface area contributed by atoms with Gasteiger partial charge < -0.3 is 9.84 Å². The largest absolute Gasteiger partial charge is 0.476 e. The van der Waals surface area contributed by atoms with Crippen LogP contribution in [-0.4, -0.2) is 27.6 Å². The Morgan fingerprint density at radius 3 is 2.59 bits per heavy atom. The first-order valence-electron chi connectivity index (χ1n) is 6.10. The molecule has 0 atom stereocenters. The van der Waals surface area contributed by atoms with Crippen molar-refractivity contribution in [1.29, 1.82) is 0 Å². The number of hydrogen-bond donors (Lipinski definition) is 1. The topological polar surface area (TPSA) is 64.3 Å². The van der Waals surface area contributed by atoms with Gasteiger partial charge in [-0.1, -0.05) is 0 Å². The Bertz CT molecular complexity index is 482. The van der Waals surface area contributed by atoms with Crippen molar-refractivity contribution >= 4 is 6.09 Å². The van der Waals surface area contributed by atoms with E-state index >= 15 is 0 Å². The van der Waals surface area contributed by atoms with E-state index in [1.54, 1.807) is 6.07 Å². The summed E-state index contributed by atoms with van der Waals surface area (Å²) in [5.41, 5.74) is 1.25. The third-order valence-corrected chi connectivity index (χ3v) is 4.98. The molecule has 1 N–H and O–H groups in total. The summed E-state index contributed by atoms with van der Waals surface area (Å²) < 4.78 is 6.49. The van der Waals surface area contributed by atoms with E-state index in [4.69, 9.17) is 9.84 Å². The van der Waals surface area contributed by atoms with Crippen LogP contribution in [0.2, 0.25) is 0 Å². The lowest BCUT2D eigenvalue weighted by Gasteiger charge is -2.00. The van der Waals surface area contributed by atoms with Gasteiger partial charge in [0.05, 0.1) is 6.61 Å². The number of carbonyl (C=O) groups is 1. The van der Waals surface area contributed by atoms with Gasteiger partial charge in [-0.15, -0.1) is 5.10 Å². The highest BCUT2D eigenvalue weighted by atomic mass is 16.5. The molecule has 0 amide bonds. The van der Waals surface area contributed by atoms with Crippen LogP contribution in [0.4, 0.5) is 4.79 Å². The molecule has 1 aromatic rings. The highest BCUT2D eigenvalue weighted by Crippen LogP contribution is 2.92. The molecule has 3 saturated carbocycles. The summed E-state index contributed by atoms with van der Waals surface area (Å²) in [6.45, 7) is 0.705. The first kappa shape index (κ1) is 9.50. The Morgan fingerprint density at radius 1 is 1.47 bits per heavy atom. The van der Waals surface area contributed by atoms with E-state index in [-0.39, 0.29) is 0 Å². The summed E-state index contributed by atoms with van der Waals surface area (Å²) in [5.74, 6) is 1.12. The van der Waals surface area contributed by atoms with Gasteiger partial charge in [0, 0.05) is 18.2 Å². The number of nitrogens with zero attached hydrogens (tertiary/aromatic N) is 2. The summed E-state index contributed by atoms with van der Waals surface area (Å²) in [5, 5.41) is 12.6. The Morgan fingerprint density at radius 2 is 2.12 bits per heavy atom. The van der Waals surface area contributed by atoms with E-state index < -0.39 is 6.09 Å². The molecular weight excluding hydrogens is 220 g/mol. The van der Waals surface area contributed by atoms with Crippen molar-refractivity contribution in [2.45, 2.75) is 25.7 Å². The fraction of sp³-hybridized carbons (Fsp3) is 0.667. The molecule has 0 unspecified atom stereocenters. The van der Waals surface area contributed by atoms with Crippen LogP contribution in [-0.2, 0) is 0 Å². The van der Waals surface area contributed by atoms with Gasteiger partial charge in [-0.2, -0.15) is 4.68 Å². The van der Waals surface area contributed by atoms with E-state index in [1.165, 1.54) is 31.9 Å². The van der Waals surface area contributed by atoms with Crippen molar-refractivity contribution in [3.63, 3.8) is 0 Å². The fourth-order valence-electron chi connectivity index (χ4n) is 3.78. The van der Waals surface area contributed by atoms with Crippen molar-refractivity contribution in [3.8, 4) is 5.88 Å². The standard InChI is InChI=1S/C12H14N2O3/c15-10(16)14-6-1-9(13-14)17-7-8-11(2-3-11)12(8)4-5-12/h1,6,8H,2-5,7H2,(H,15,16). The van der Waals surface area contributed by atoms with Crippen LogP contribution >= 0.6 is 0 Å². The van der Waals surface area contributed by atoms with Crippen LogP contribution in [0.3, 0.4) is 0 Å². The van der Waals surface area contributed by atoms with Crippen molar-refractivity contribution in [1.82, 2.24) is 9.78 Å². The molecule has 3 aliphatic carbocycles. The van der Waals surface area contributed by atoms with E-state index in [2.05, 4.69) is 5.10 Å². The molecule has 3 aliphatic rings. The van der Waals surface area contributed by atoms with Crippen molar-refractivity contribution in [2.75, 3.05) is 6.61 Å². The van der Waals surface area contributed by atoms with Gasteiger partial charge in [-0.3, -0.25) is 0 Å². The number of rotatable bonds is 3. The Labute approximate surface area is 98.4 Å². The third kappa shape index (κ3) is 1.09. The SMILES string of the molecule is O=C(O)n1ccc(OCC2C3(CC3)C23CC3)n1. The van der Waals surface area contributed by atoms with Crippen LogP contribution in [0.15, 0.2) is 12.3 Å². The van der Waals surface area contributed by atoms with Crippen LogP contribution in [0, 0.1) is 16.7 Å². The lowest BCUT2D eigenvalue weighted by atomic mass is 10.3. The maximum Gasteiger partial charge on any atom is 0.432 e. The Hall–Kier alpha value is -1.52. The monoisotopic (exact) mass is 234 g/mol. The van der Waals surface area contributed by atoms with Gasteiger partial charge in [0.25, 0.3) is 0 Å². The highest BCUT2D eigenvalue weighted by molar-refractivity contribution is 5.66. The van der Waals surface area contributed by atoms with Gasteiger partial charge in [0.15, 0.2) is 0 Å². The van der Waals surface area contributed by atoms with Crippen LogP contribution in [0.5, 0.6) is 5.88 Å². The first-order valence-corrected chi connectivity index (χ1v) is 6.10. The zero-order valence-corrected chi connectivity index (χ0v) is 9.43. The van der Waals surface area contributed by atoms with E-state index in [9.17, 15) is 4.79 Å². The Kier molecular flexibility index (Phi) is 1.48. The minimum absolute atomic E-state index is 0.422. The molecule has 0 aromatic carbocycles. The number of hydrogen-bond acceptors (Lipinski definition) is 3.